The quantitative estimate of drug-likeness (QED) is 0.893. The first-order chi connectivity index (χ1) is 9.54. The van der Waals surface area contributed by atoms with E-state index in [1.54, 1.807) is 0 Å². The summed E-state index contributed by atoms with van der Waals surface area (Å²) in [6.45, 7) is 7.24. The molecule has 20 heavy (non-hydrogen) atoms. The van der Waals surface area contributed by atoms with E-state index in [4.69, 9.17) is 5.73 Å². The maximum Gasteiger partial charge on any atom is 0.0472 e. The molecule has 0 aliphatic rings. The van der Waals surface area contributed by atoms with Gasteiger partial charge in [0.25, 0.3) is 0 Å². The summed E-state index contributed by atoms with van der Waals surface area (Å²) in [5, 5.41) is 0. The zero-order valence-electron chi connectivity index (χ0n) is 12.9. The van der Waals surface area contributed by atoms with Gasteiger partial charge in [-0.2, -0.15) is 0 Å². The Morgan fingerprint density at radius 2 is 1.70 bits per heavy atom. The van der Waals surface area contributed by atoms with Crippen LogP contribution in [0.3, 0.4) is 0 Å². The minimum absolute atomic E-state index is 0.510. The fraction of sp³-hybridized carbons (Fsp3) is 0.333. The Labute approximate surface area is 122 Å². The fourth-order valence-corrected chi connectivity index (χ4v) is 2.59. The molecule has 0 radical (unpaired) electrons. The van der Waals surface area contributed by atoms with Crippen LogP contribution in [0.4, 0.5) is 11.4 Å². The summed E-state index contributed by atoms with van der Waals surface area (Å²) in [6.07, 6.45) is 0. The molecule has 0 saturated heterocycles. The van der Waals surface area contributed by atoms with E-state index in [0.29, 0.717) is 12.5 Å². The van der Waals surface area contributed by atoms with E-state index in [0.717, 1.165) is 5.56 Å². The normalized spacial score (nSPS) is 10.9. The van der Waals surface area contributed by atoms with Gasteiger partial charge in [-0.3, -0.25) is 0 Å². The molecular formula is C18H24N2. The highest BCUT2D eigenvalue weighted by molar-refractivity contribution is 5.69. The lowest BCUT2D eigenvalue weighted by Gasteiger charge is -2.26. The molecule has 0 aliphatic heterocycles. The van der Waals surface area contributed by atoms with Crippen LogP contribution in [-0.4, -0.2) is 7.05 Å². The van der Waals surface area contributed by atoms with Crippen molar-refractivity contribution in [3.63, 3.8) is 0 Å². The number of nitrogens with two attached hydrogens (primary N) is 1. The number of hydrogen-bond acceptors (Lipinski definition) is 2. The predicted octanol–water partition coefficient (Wildman–Crippen LogP) is 4.35. The Morgan fingerprint density at radius 3 is 2.25 bits per heavy atom. The first kappa shape index (κ1) is 14.6. The van der Waals surface area contributed by atoms with Crippen LogP contribution in [0.25, 0.3) is 0 Å². The summed E-state index contributed by atoms with van der Waals surface area (Å²) in [7, 11) is 2.13. The molecule has 2 nitrogen and oxygen atoms in total. The minimum Gasteiger partial charge on any atom is -0.344 e. The van der Waals surface area contributed by atoms with Gasteiger partial charge in [0.1, 0.15) is 0 Å². The van der Waals surface area contributed by atoms with Crippen LogP contribution in [0.1, 0.15) is 36.5 Å². The second-order valence-electron chi connectivity index (χ2n) is 5.60. The Balaban J connectivity index is 2.44. The van der Waals surface area contributed by atoms with Gasteiger partial charge in [0.05, 0.1) is 0 Å². The molecule has 2 N–H and O–H groups in total. The Hall–Kier alpha value is -1.80. The van der Waals surface area contributed by atoms with E-state index in [2.05, 4.69) is 75.2 Å². The lowest BCUT2D eigenvalue weighted by molar-refractivity contribution is 0.860. The highest BCUT2D eigenvalue weighted by Crippen LogP contribution is 2.34. The van der Waals surface area contributed by atoms with Gasteiger partial charge in [-0.15, -0.1) is 0 Å². The molecule has 2 rings (SSSR count). The summed E-state index contributed by atoms with van der Waals surface area (Å²) >= 11 is 0. The third kappa shape index (κ3) is 2.86. The van der Waals surface area contributed by atoms with Crippen molar-refractivity contribution in [2.75, 3.05) is 11.9 Å². The van der Waals surface area contributed by atoms with Crippen molar-refractivity contribution in [3.8, 4) is 0 Å². The van der Waals surface area contributed by atoms with E-state index < -0.39 is 0 Å². The van der Waals surface area contributed by atoms with Crippen LogP contribution < -0.4 is 10.6 Å². The maximum absolute atomic E-state index is 5.66. The highest BCUT2D eigenvalue weighted by Gasteiger charge is 2.14. The lowest BCUT2D eigenvalue weighted by Crippen LogP contribution is -2.14. The number of para-hydroxylation sites is 1. The van der Waals surface area contributed by atoms with Gasteiger partial charge in [0.2, 0.25) is 0 Å². The number of hydrogen-bond donors (Lipinski definition) is 1. The van der Waals surface area contributed by atoms with Gasteiger partial charge < -0.3 is 10.6 Å². The minimum atomic E-state index is 0.510. The molecule has 106 valence electrons. The lowest BCUT2D eigenvalue weighted by atomic mass is 9.97. The zero-order chi connectivity index (χ0) is 14.7. The number of benzene rings is 2. The molecule has 0 atom stereocenters. The number of anilines is 2. The van der Waals surface area contributed by atoms with Crippen LogP contribution in [0.5, 0.6) is 0 Å². The van der Waals surface area contributed by atoms with Crippen molar-refractivity contribution in [2.24, 2.45) is 5.73 Å². The van der Waals surface area contributed by atoms with Crippen molar-refractivity contribution in [1.29, 1.82) is 0 Å². The Kier molecular flexibility index (Phi) is 4.46. The summed E-state index contributed by atoms with van der Waals surface area (Å²) in [4.78, 5) is 2.27. The van der Waals surface area contributed by atoms with Crippen molar-refractivity contribution >= 4 is 11.4 Å². The number of aryl methyl sites for hydroxylation is 1. The third-order valence-corrected chi connectivity index (χ3v) is 3.79. The molecule has 0 fully saturated rings. The molecule has 0 bridgehead atoms. The topological polar surface area (TPSA) is 29.3 Å². The van der Waals surface area contributed by atoms with Crippen LogP contribution in [0.2, 0.25) is 0 Å². The third-order valence-electron chi connectivity index (χ3n) is 3.79. The van der Waals surface area contributed by atoms with Gasteiger partial charge in [-0.25, -0.2) is 0 Å². The van der Waals surface area contributed by atoms with Crippen LogP contribution in [0.15, 0.2) is 42.5 Å². The summed E-state index contributed by atoms with van der Waals surface area (Å²) in [5.74, 6) is 0.510. The second kappa shape index (κ2) is 6.10. The average Bonchev–Trinajstić information content (AvgIpc) is 2.46. The summed E-state index contributed by atoms with van der Waals surface area (Å²) in [6, 6.07) is 15.0. The molecule has 0 aromatic heterocycles. The fourth-order valence-electron chi connectivity index (χ4n) is 2.59. The molecule has 0 unspecified atom stereocenters. The first-order valence-electron chi connectivity index (χ1n) is 7.16. The van der Waals surface area contributed by atoms with Crippen molar-refractivity contribution in [2.45, 2.75) is 33.2 Å². The maximum atomic E-state index is 5.66. The molecule has 0 aliphatic carbocycles. The number of rotatable bonds is 4. The average molecular weight is 268 g/mol. The monoisotopic (exact) mass is 268 g/mol. The standard InChI is InChI=1S/C18H24N2/c1-13(2)17-7-5-6-14(3)18(17)20(4)16-10-8-15(12-19)9-11-16/h5-11,13H,12,19H2,1-4H3. The molecule has 2 aromatic rings. The Morgan fingerprint density at radius 1 is 1.05 bits per heavy atom. The second-order valence-corrected chi connectivity index (χ2v) is 5.60. The van der Waals surface area contributed by atoms with Crippen molar-refractivity contribution in [1.82, 2.24) is 0 Å². The van der Waals surface area contributed by atoms with Crippen molar-refractivity contribution in [3.05, 3.63) is 59.2 Å². The molecule has 0 heterocycles. The molecule has 0 spiro atoms. The Bertz CT molecular complexity index is 570. The number of nitrogens with zero attached hydrogens (tertiary/aromatic N) is 1. The van der Waals surface area contributed by atoms with Gasteiger partial charge in [0.15, 0.2) is 0 Å². The predicted molar refractivity (Wildman–Crippen MR) is 87.7 cm³/mol. The molecule has 0 amide bonds. The van der Waals surface area contributed by atoms with E-state index >= 15 is 0 Å². The van der Waals surface area contributed by atoms with Crippen molar-refractivity contribution < 1.29 is 0 Å². The van der Waals surface area contributed by atoms with Gasteiger partial charge in [-0.05, 0) is 41.7 Å². The van der Waals surface area contributed by atoms with Gasteiger partial charge in [-0.1, -0.05) is 44.2 Å². The van der Waals surface area contributed by atoms with Crippen LogP contribution >= 0.6 is 0 Å². The summed E-state index contributed by atoms with van der Waals surface area (Å²) < 4.78 is 0. The zero-order valence-corrected chi connectivity index (χ0v) is 12.9. The largest absolute Gasteiger partial charge is 0.344 e. The van der Waals surface area contributed by atoms with E-state index in [1.807, 2.05) is 0 Å². The van der Waals surface area contributed by atoms with E-state index in [-0.39, 0.29) is 0 Å². The van der Waals surface area contributed by atoms with Crippen LogP contribution in [-0.2, 0) is 6.54 Å². The SMILES string of the molecule is Cc1cccc(C(C)C)c1N(C)c1ccc(CN)cc1. The van der Waals surface area contributed by atoms with E-state index in [1.165, 1.54) is 22.5 Å². The van der Waals surface area contributed by atoms with E-state index in [9.17, 15) is 0 Å². The smallest absolute Gasteiger partial charge is 0.0472 e. The first-order valence-corrected chi connectivity index (χ1v) is 7.16. The van der Waals surface area contributed by atoms with Gasteiger partial charge >= 0.3 is 0 Å². The molecule has 2 aromatic carbocycles. The molecule has 0 saturated carbocycles. The summed E-state index contributed by atoms with van der Waals surface area (Å²) in [5.41, 5.74) is 12.0. The van der Waals surface area contributed by atoms with Gasteiger partial charge in [0, 0.05) is 25.0 Å². The molecule has 2 heteroatoms. The highest BCUT2D eigenvalue weighted by atomic mass is 15.1. The van der Waals surface area contributed by atoms with Crippen LogP contribution in [0, 0.1) is 6.92 Å². The molecular weight excluding hydrogens is 244 g/mol.